The van der Waals surface area contributed by atoms with E-state index < -0.39 is 0 Å². The maximum absolute atomic E-state index is 4.49. The number of nitrogens with zero attached hydrogens (tertiary/aromatic N) is 1. The molecule has 1 N–H and O–H groups in total. The summed E-state index contributed by atoms with van der Waals surface area (Å²) < 4.78 is 0. The first-order valence-corrected chi connectivity index (χ1v) is 6.93. The molecule has 0 aliphatic heterocycles. The first kappa shape index (κ1) is 10.9. The molecule has 3 rings (SSSR count). The lowest BCUT2D eigenvalue weighted by atomic mass is 10.2. The Kier molecular flexibility index (Phi) is 3.20. The average Bonchev–Trinajstić information content (AvgIpc) is 3.09. The first-order chi connectivity index (χ1) is 8.40. The number of hydrogen-bond donors (Lipinski definition) is 1. The molecule has 17 heavy (non-hydrogen) atoms. The van der Waals surface area contributed by atoms with Gasteiger partial charge in [0.15, 0.2) is 0 Å². The molecule has 0 radical (unpaired) electrons. The number of rotatable bonds is 5. The number of thiazole rings is 1. The molecule has 1 aromatic heterocycles. The Balaban J connectivity index is 1.59. The Hall–Kier alpha value is -1.19. The van der Waals surface area contributed by atoms with Gasteiger partial charge in [-0.15, -0.1) is 11.3 Å². The third-order valence-electron chi connectivity index (χ3n) is 2.94. The third kappa shape index (κ3) is 3.14. The number of hydrogen-bond acceptors (Lipinski definition) is 3. The lowest BCUT2D eigenvalue weighted by Crippen LogP contribution is -2.14. The summed E-state index contributed by atoms with van der Waals surface area (Å²) in [6.07, 6.45) is 5.65. The monoisotopic (exact) mass is 244 g/mol. The predicted octanol–water partition coefficient (Wildman–Crippen LogP) is 2.99. The molecule has 1 aromatic carbocycles. The van der Waals surface area contributed by atoms with E-state index in [-0.39, 0.29) is 0 Å². The van der Waals surface area contributed by atoms with Crippen LogP contribution in [0.2, 0.25) is 0 Å². The smallest absolute Gasteiger partial charge is 0.0971 e. The van der Waals surface area contributed by atoms with Gasteiger partial charge in [-0.3, -0.25) is 0 Å². The van der Waals surface area contributed by atoms with E-state index in [1.165, 1.54) is 28.3 Å². The van der Waals surface area contributed by atoms with Crippen molar-refractivity contribution < 1.29 is 0 Å². The Bertz CT molecular complexity index is 474. The SMILES string of the molecule is c1ccc(Cc2ncc(CNC3CC3)s2)cc1. The van der Waals surface area contributed by atoms with Crippen LogP contribution in [-0.2, 0) is 13.0 Å². The summed E-state index contributed by atoms with van der Waals surface area (Å²) in [7, 11) is 0. The Morgan fingerprint density at radius 3 is 2.82 bits per heavy atom. The summed E-state index contributed by atoms with van der Waals surface area (Å²) in [5, 5.41) is 4.73. The molecule has 1 fully saturated rings. The summed E-state index contributed by atoms with van der Waals surface area (Å²) in [5.74, 6) is 0. The van der Waals surface area contributed by atoms with Gasteiger partial charge in [0.1, 0.15) is 0 Å². The van der Waals surface area contributed by atoms with Gasteiger partial charge in [-0.1, -0.05) is 30.3 Å². The second-order valence-corrected chi connectivity index (χ2v) is 5.74. The van der Waals surface area contributed by atoms with Gasteiger partial charge in [-0.2, -0.15) is 0 Å². The van der Waals surface area contributed by atoms with E-state index in [1.54, 1.807) is 0 Å². The molecule has 0 saturated heterocycles. The Morgan fingerprint density at radius 2 is 2.06 bits per heavy atom. The fraction of sp³-hybridized carbons (Fsp3) is 0.357. The van der Waals surface area contributed by atoms with Crippen LogP contribution in [0.1, 0.15) is 28.3 Å². The van der Waals surface area contributed by atoms with Crippen molar-refractivity contribution in [2.75, 3.05) is 0 Å². The van der Waals surface area contributed by atoms with Crippen LogP contribution in [0.4, 0.5) is 0 Å². The van der Waals surface area contributed by atoms with Gasteiger partial charge < -0.3 is 5.32 Å². The normalized spacial score (nSPS) is 15.1. The van der Waals surface area contributed by atoms with Crippen molar-refractivity contribution in [1.29, 1.82) is 0 Å². The summed E-state index contributed by atoms with van der Waals surface area (Å²) in [6.45, 7) is 0.983. The lowest BCUT2D eigenvalue weighted by molar-refractivity contribution is 0.694. The van der Waals surface area contributed by atoms with Gasteiger partial charge in [0, 0.05) is 30.1 Å². The van der Waals surface area contributed by atoms with Crippen LogP contribution in [-0.4, -0.2) is 11.0 Å². The predicted molar refractivity (Wildman–Crippen MR) is 71.2 cm³/mol. The maximum Gasteiger partial charge on any atom is 0.0971 e. The van der Waals surface area contributed by atoms with E-state index >= 15 is 0 Å². The van der Waals surface area contributed by atoms with Crippen LogP contribution in [0.5, 0.6) is 0 Å². The van der Waals surface area contributed by atoms with Crippen LogP contribution in [0, 0.1) is 0 Å². The molecule has 88 valence electrons. The van der Waals surface area contributed by atoms with Crippen LogP contribution in [0.15, 0.2) is 36.5 Å². The van der Waals surface area contributed by atoms with E-state index in [0.29, 0.717) is 0 Å². The zero-order valence-electron chi connectivity index (χ0n) is 9.73. The van der Waals surface area contributed by atoms with E-state index in [2.05, 4.69) is 40.6 Å². The van der Waals surface area contributed by atoms with Crippen molar-refractivity contribution in [3.63, 3.8) is 0 Å². The summed E-state index contributed by atoms with van der Waals surface area (Å²) in [5.41, 5.74) is 1.34. The summed E-state index contributed by atoms with van der Waals surface area (Å²) >= 11 is 1.82. The minimum Gasteiger partial charge on any atom is -0.309 e. The molecular formula is C14H16N2S. The maximum atomic E-state index is 4.49. The number of benzene rings is 1. The topological polar surface area (TPSA) is 24.9 Å². The lowest BCUT2D eigenvalue weighted by Gasteiger charge is -1.98. The second-order valence-electron chi connectivity index (χ2n) is 4.54. The highest BCUT2D eigenvalue weighted by Crippen LogP contribution is 2.21. The van der Waals surface area contributed by atoms with Gasteiger partial charge in [0.05, 0.1) is 5.01 Å². The largest absolute Gasteiger partial charge is 0.309 e. The molecule has 2 nitrogen and oxygen atoms in total. The van der Waals surface area contributed by atoms with Crippen LogP contribution >= 0.6 is 11.3 Å². The minimum atomic E-state index is 0.773. The highest BCUT2D eigenvalue weighted by Gasteiger charge is 2.20. The van der Waals surface area contributed by atoms with E-state index in [0.717, 1.165) is 19.0 Å². The molecule has 3 heteroatoms. The highest BCUT2D eigenvalue weighted by atomic mass is 32.1. The average molecular weight is 244 g/mol. The fourth-order valence-electron chi connectivity index (χ4n) is 1.81. The number of aromatic nitrogens is 1. The Morgan fingerprint density at radius 1 is 1.24 bits per heavy atom. The zero-order chi connectivity index (χ0) is 11.5. The van der Waals surface area contributed by atoms with Crippen LogP contribution in [0.25, 0.3) is 0 Å². The van der Waals surface area contributed by atoms with Crippen molar-refractivity contribution in [3.8, 4) is 0 Å². The van der Waals surface area contributed by atoms with Gasteiger partial charge in [0.2, 0.25) is 0 Å². The van der Waals surface area contributed by atoms with Crippen molar-refractivity contribution >= 4 is 11.3 Å². The zero-order valence-corrected chi connectivity index (χ0v) is 10.5. The van der Waals surface area contributed by atoms with Gasteiger partial charge in [-0.25, -0.2) is 4.98 Å². The third-order valence-corrected chi connectivity index (χ3v) is 3.94. The molecule has 1 heterocycles. The first-order valence-electron chi connectivity index (χ1n) is 6.11. The van der Waals surface area contributed by atoms with Crippen molar-refractivity contribution in [3.05, 3.63) is 52.0 Å². The van der Waals surface area contributed by atoms with Crippen LogP contribution < -0.4 is 5.32 Å². The number of nitrogens with one attached hydrogen (secondary N) is 1. The summed E-state index contributed by atoms with van der Waals surface area (Å²) in [4.78, 5) is 5.84. The quantitative estimate of drug-likeness (QED) is 0.874. The molecule has 0 unspecified atom stereocenters. The Labute approximate surface area is 106 Å². The van der Waals surface area contributed by atoms with Crippen molar-refractivity contribution in [2.45, 2.75) is 31.8 Å². The molecule has 0 spiro atoms. The second kappa shape index (κ2) is 4.98. The van der Waals surface area contributed by atoms with Crippen LogP contribution in [0.3, 0.4) is 0 Å². The molecule has 1 aliphatic rings. The van der Waals surface area contributed by atoms with E-state index in [4.69, 9.17) is 0 Å². The van der Waals surface area contributed by atoms with E-state index in [1.807, 2.05) is 17.5 Å². The summed E-state index contributed by atoms with van der Waals surface area (Å²) in [6, 6.07) is 11.3. The molecule has 2 aromatic rings. The molecular weight excluding hydrogens is 228 g/mol. The van der Waals surface area contributed by atoms with Crippen molar-refractivity contribution in [1.82, 2.24) is 10.3 Å². The standard InChI is InChI=1S/C14H16N2S/c1-2-4-11(5-3-1)8-14-16-10-13(17-14)9-15-12-6-7-12/h1-5,10,12,15H,6-9H2. The van der Waals surface area contributed by atoms with Gasteiger partial charge >= 0.3 is 0 Å². The fourth-order valence-corrected chi connectivity index (χ4v) is 2.72. The molecule has 0 atom stereocenters. The van der Waals surface area contributed by atoms with Gasteiger partial charge in [-0.05, 0) is 18.4 Å². The molecule has 1 saturated carbocycles. The minimum absolute atomic E-state index is 0.773. The van der Waals surface area contributed by atoms with Crippen molar-refractivity contribution in [2.24, 2.45) is 0 Å². The van der Waals surface area contributed by atoms with E-state index in [9.17, 15) is 0 Å². The van der Waals surface area contributed by atoms with Gasteiger partial charge in [0.25, 0.3) is 0 Å². The molecule has 1 aliphatic carbocycles. The highest BCUT2D eigenvalue weighted by molar-refractivity contribution is 7.11. The molecule has 0 bridgehead atoms. The molecule has 0 amide bonds.